The molecule has 0 saturated carbocycles. The highest BCUT2D eigenvalue weighted by molar-refractivity contribution is 7.26. The molecule has 4 nitrogen and oxygen atoms in total. The number of thiophene rings is 1. The largest absolute Gasteiger partial charge is 0.303 e. The van der Waals surface area contributed by atoms with Gasteiger partial charge in [-0.1, -0.05) is 115 Å². The number of fused-ring (bicyclic) bond motifs is 7. The highest BCUT2D eigenvalue weighted by Gasteiger charge is 2.32. The molecule has 3 heterocycles. The summed E-state index contributed by atoms with van der Waals surface area (Å²) in [7, 11) is 0. The number of nitrogens with zero attached hydrogens (tertiary/aromatic N) is 2. The maximum Gasteiger partial charge on any atom is 0.231 e. The molecule has 0 saturated heterocycles. The van der Waals surface area contributed by atoms with Crippen molar-refractivity contribution < 1.29 is 5.32 Å². The van der Waals surface area contributed by atoms with Gasteiger partial charge >= 0.3 is 0 Å². The fourth-order valence-electron chi connectivity index (χ4n) is 6.74. The van der Waals surface area contributed by atoms with Crippen molar-refractivity contribution in [2.24, 2.45) is 4.99 Å². The molecule has 3 N–H and O–H groups in total. The minimum atomic E-state index is -0.307. The monoisotopic (exact) mass is 585 g/mol. The standard InChI is InChI=1S/C39H28N4S/c1-3-12-25(13-4-1)27-16-11-17-28(24-27)38-40-37(26-14-5-2-6-15-26)41-39(42-38)43-33-20-9-7-18-29(33)31-22-23-32-30-19-8-10-21-34(30)44-36(32)35(31)43/h1-24,38-39,42H,(H,40,41)/p+1. The summed E-state index contributed by atoms with van der Waals surface area (Å²) in [5, 5.41) is 11.3. The molecule has 210 valence electrons. The number of amidine groups is 1. The first-order valence-corrected chi connectivity index (χ1v) is 15.9. The molecule has 0 radical (unpaired) electrons. The predicted molar refractivity (Wildman–Crippen MR) is 184 cm³/mol. The van der Waals surface area contributed by atoms with Crippen molar-refractivity contribution in [2.75, 3.05) is 0 Å². The van der Waals surface area contributed by atoms with E-state index in [-0.39, 0.29) is 12.5 Å². The third-order valence-electron chi connectivity index (χ3n) is 8.80. The summed E-state index contributed by atoms with van der Waals surface area (Å²) in [4.78, 5) is 5.43. The van der Waals surface area contributed by atoms with Crippen LogP contribution in [0.4, 0.5) is 0 Å². The Morgan fingerprint density at radius 2 is 1.27 bits per heavy atom. The number of nitrogens with two attached hydrogens (primary N) is 1. The van der Waals surface area contributed by atoms with Crippen LogP contribution in [-0.4, -0.2) is 10.4 Å². The first kappa shape index (κ1) is 25.4. The van der Waals surface area contributed by atoms with E-state index in [0.717, 1.165) is 11.4 Å². The Morgan fingerprint density at radius 1 is 0.591 bits per heavy atom. The van der Waals surface area contributed by atoms with Crippen LogP contribution in [0.2, 0.25) is 0 Å². The number of aliphatic imine (C=N–C) groups is 1. The first-order chi connectivity index (χ1) is 21.8. The van der Waals surface area contributed by atoms with Gasteiger partial charge in [0, 0.05) is 31.8 Å². The van der Waals surface area contributed by atoms with Gasteiger partial charge in [-0.3, -0.25) is 5.32 Å². The molecule has 5 heteroatoms. The van der Waals surface area contributed by atoms with Gasteiger partial charge in [0.25, 0.3) is 0 Å². The van der Waals surface area contributed by atoms with Crippen LogP contribution < -0.4 is 10.6 Å². The van der Waals surface area contributed by atoms with Crippen LogP contribution in [0.15, 0.2) is 151 Å². The molecule has 6 aromatic carbocycles. The quantitative estimate of drug-likeness (QED) is 0.213. The van der Waals surface area contributed by atoms with Crippen LogP contribution in [-0.2, 0) is 0 Å². The smallest absolute Gasteiger partial charge is 0.231 e. The van der Waals surface area contributed by atoms with Gasteiger partial charge in [0.1, 0.15) is 0 Å². The Labute approximate surface area is 258 Å². The van der Waals surface area contributed by atoms with Gasteiger partial charge in [-0.15, -0.1) is 11.3 Å². The van der Waals surface area contributed by atoms with Gasteiger partial charge < -0.3 is 4.57 Å². The zero-order chi connectivity index (χ0) is 29.0. The number of benzene rings is 6. The summed E-state index contributed by atoms with van der Waals surface area (Å²) < 4.78 is 5.04. The number of aromatic nitrogens is 1. The molecule has 0 spiro atoms. The summed E-state index contributed by atoms with van der Waals surface area (Å²) in [6, 6.07) is 52.1. The Bertz CT molecular complexity index is 2350. The van der Waals surface area contributed by atoms with E-state index in [1.165, 1.54) is 58.7 Å². The lowest BCUT2D eigenvalue weighted by Gasteiger charge is -2.29. The lowest BCUT2D eigenvalue weighted by molar-refractivity contribution is -0.601. The molecular weight excluding hydrogens is 557 g/mol. The average Bonchev–Trinajstić information content (AvgIpc) is 3.65. The topological polar surface area (TPSA) is 45.9 Å². The van der Waals surface area contributed by atoms with Gasteiger partial charge in [-0.2, -0.15) is 4.99 Å². The second-order valence-corrected chi connectivity index (χ2v) is 12.4. The van der Waals surface area contributed by atoms with E-state index in [1.54, 1.807) is 0 Å². The molecule has 8 aromatic rings. The maximum atomic E-state index is 5.43. The number of rotatable bonds is 4. The van der Waals surface area contributed by atoms with E-state index < -0.39 is 0 Å². The summed E-state index contributed by atoms with van der Waals surface area (Å²) >= 11 is 1.87. The molecule has 2 unspecified atom stereocenters. The van der Waals surface area contributed by atoms with Gasteiger partial charge in [-0.05, 0) is 41.5 Å². The van der Waals surface area contributed by atoms with Crippen molar-refractivity contribution in [3.05, 3.63) is 157 Å². The van der Waals surface area contributed by atoms with Gasteiger partial charge in [0.2, 0.25) is 5.84 Å². The predicted octanol–water partition coefficient (Wildman–Crippen LogP) is 8.60. The molecule has 2 aromatic heterocycles. The molecule has 2 atom stereocenters. The van der Waals surface area contributed by atoms with Crippen LogP contribution in [0.25, 0.3) is 53.1 Å². The van der Waals surface area contributed by atoms with Crippen molar-refractivity contribution in [2.45, 2.75) is 12.5 Å². The van der Waals surface area contributed by atoms with E-state index in [2.05, 4.69) is 161 Å². The zero-order valence-corrected chi connectivity index (χ0v) is 24.7. The number of para-hydroxylation sites is 1. The summed E-state index contributed by atoms with van der Waals surface area (Å²) in [5.74, 6) is 0.999. The molecule has 0 bridgehead atoms. The first-order valence-electron chi connectivity index (χ1n) is 15.0. The molecule has 1 aliphatic rings. The van der Waals surface area contributed by atoms with Gasteiger partial charge in [-0.25, -0.2) is 5.32 Å². The molecular formula is C39H29N4S+. The summed E-state index contributed by atoms with van der Waals surface area (Å²) in [6.45, 7) is 0. The Morgan fingerprint density at radius 3 is 2.11 bits per heavy atom. The van der Waals surface area contributed by atoms with Crippen molar-refractivity contribution in [3.8, 4) is 11.1 Å². The van der Waals surface area contributed by atoms with E-state index in [9.17, 15) is 0 Å². The molecule has 0 amide bonds. The van der Waals surface area contributed by atoms with Crippen molar-refractivity contribution in [1.82, 2.24) is 9.88 Å². The molecule has 44 heavy (non-hydrogen) atoms. The fourth-order valence-corrected chi connectivity index (χ4v) is 7.99. The van der Waals surface area contributed by atoms with E-state index >= 15 is 0 Å². The molecule has 1 aliphatic heterocycles. The number of quaternary nitrogens is 1. The maximum absolute atomic E-state index is 5.43. The van der Waals surface area contributed by atoms with E-state index in [4.69, 9.17) is 4.99 Å². The van der Waals surface area contributed by atoms with Crippen LogP contribution in [0.3, 0.4) is 0 Å². The summed E-state index contributed by atoms with van der Waals surface area (Å²) in [5.41, 5.74) is 7.18. The van der Waals surface area contributed by atoms with Crippen LogP contribution in [0, 0.1) is 0 Å². The SMILES string of the molecule is c1ccc(C2=NC(n3c4ccccc4c4ccc5c6ccccc6sc5c43)NC(c3cccc(-c4ccccc4)c3)[NH2+]2)cc1. The van der Waals surface area contributed by atoms with Crippen LogP contribution >= 0.6 is 11.3 Å². The molecule has 0 fully saturated rings. The normalized spacial score (nSPS) is 17.0. The lowest BCUT2D eigenvalue weighted by Crippen LogP contribution is -2.93. The van der Waals surface area contributed by atoms with E-state index in [1.807, 2.05) is 11.3 Å². The number of hydrogen-bond acceptors (Lipinski definition) is 3. The third kappa shape index (κ3) is 4.09. The van der Waals surface area contributed by atoms with Crippen LogP contribution in [0.1, 0.15) is 23.6 Å². The van der Waals surface area contributed by atoms with E-state index in [0.29, 0.717) is 0 Å². The van der Waals surface area contributed by atoms with Crippen LogP contribution in [0.5, 0.6) is 0 Å². The molecule has 9 rings (SSSR count). The fraction of sp³-hybridized carbons (Fsp3) is 0.0513. The van der Waals surface area contributed by atoms with Crippen molar-refractivity contribution in [3.63, 3.8) is 0 Å². The average molecular weight is 586 g/mol. The van der Waals surface area contributed by atoms with Crippen molar-refractivity contribution >= 4 is 59.2 Å². The Kier molecular flexibility index (Phi) is 5.94. The second-order valence-electron chi connectivity index (χ2n) is 11.4. The third-order valence-corrected chi connectivity index (χ3v) is 9.99. The second kappa shape index (κ2) is 10.3. The summed E-state index contributed by atoms with van der Waals surface area (Å²) in [6.07, 6.45) is -0.340. The Hall–Kier alpha value is -5.07. The van der Waals surface area contributed by atoms with Gasteiger partial charge in [0.05, 0.1) is 21.3 Å². The number of nitrogens with one attached hydrogen (secondary N) is 1. The van der Waals surface area contributed by atoms with Crippen molar-refractivity contribution in [1.29, 1.82) is 0 Å². The Balaban J connectivity index is 1.27. The minimum Gasteiger partial charge on any atom is -0.303 e. The minimum absolute atomic E-state index is 0.0332. The zero-order valence-electron chi connectivity index (χ0n) is 23.9. The molecule has 0 aliphatic carbocycles. The van der Waals surface area contributed by atoms with Gasteiger partial charge in [0.15, 0.2) is 12.5 Å². The lowest BCUT2D eigenvalue weighted by atomic mass is 10.0. The number of hydrogen-bond donors (Lipinski definition) is 2. The highest BCUT2D eigenvalue weighted by atomic mass is 32.1. The highest BCUT2D eigenvalue weighted by Crippen LogP contribution is 2.43.